The fourth-order valence-corrected chi connectivity index (χ4v) is 4.09. The van der Waals surface area contributed by atoms with Crippen LogP contribution in [0.4, 0.5) is 0 Å². The third-order valence-corrected chi connectivity index (χ3v) is 6.71. The molecular weight excluding hydrogens is 515 g/mol. The fourth-order valence-electron chi connectivity index (χ4n) is 2.75. The van der Waals surface area contributed by atoms with Crippen LogP contribution in [0.2, 0.25) is 0 Å². The number of esters is 1. The van der Waals surface area contributed by atoms with E-state index in [0.29, 0.717) is 31.1 Å². The summed E-state index contributed by atoms with van der Waals surface area (Å²) in [6.07, 6.45) is 4.59. The van der Waals surface area contributed by atoms with Crippen molar-refractivity contribution in [3.05, 3.63) is 0 Å². The molecule has 0 spiro atoms. The lowest BCUT2D eigenvalue weighted by molar-refractivity contribution is -0.149. The normalized spacial score (nSPS) is 13.4. The Kier molecular flexibility index (Phi) is 22.9. The molecule has 2 atom stereocenters. The van der Waals surface area contributed by atoms with Gasteiger partial charge in [-0.15, -0.1) is 0 Å². The van der Waals surface area contributed by atoms with E-state index in [2.05, 4.69) is 12.2 Å². The van der Waals surface area contributed by atoms with Crippen LogP contribution in [0.5, 0.6) is 0 Å². The molecule has 12 nitrogen and oxygen atoms in total. The van der Waals surface area contributed by atoms with Gasteiger partial charge < -0.3 is 44.9 Å². The molecule has 14 heteroatoms. The lowest BCUT2D eigenvalue weighted by Crippen LogP contribution is -2.43. The molecule has 0 radical (unpaired) electrons. The molecule has 0 aliphatic carbocycles. The van der Waals surface area contributed by atoms with Crippen LogP contribution in [0.1, 0.15) is 45.4 Å². The van der Waals surface area contributed by atoms with Crippen LogP contribution in [0, 0.1) is 0 Å². The van der Waals surface area contributed by atoms with E-state index in [1.165, 1.54) is 11.8 Å². The summed E-state index contributed by atoms with van der Waals surface area (Å²) in [5.41, 5.74) is 5.89. The Hall–Kier alpha value is -0.760. The number of thioether (sulfide) groups is 1. The van der Waals surface area contributed by atoms with E-state index in [-0.39, 0.29) is 57.6 Å². The van der Waals surface area contributed by atoms with Crippen LogP contribution in [0.3, 0.4) is 0 Å². The van der Waals surface area contributed by atoms with Gasteiger partial charge in [-0.1, -0.05) is 32.6 Å². The van der Waals surface area contributed by atoms with Gasteiger partial charge in [-0.2, -0.15) is 11.8 Å². The topological polar surface area (TPSA) is 187 Å². The van der Waals surface area contributed by atoms with Crippen molar-refractivity contribution >= 4 is 31.2 Å². The molecular formula is C22H45N2O10PS. The summed E-state index contributed by atoms with van der Waals surface area (Å²) >= 11 is 1.34. The molecule has 0 unspecified atom stereocenters. The van der Waals surface area contributed by atoms with Gasteiger partial charge in [0.15, 0.2) is 0 Å². The predicted octanol–water partition coefficient (Wildman–Crippen LogP) is 0.655. The quantitative estimate of drug-likeness (QED) is 0.0597. The first-order chi connectivity index (χ1) is 17.2. The van der Waals surface area contributed by atoms with Crippen molar-refractivity contribution in [1.82, 2.24) is 5.32 Å². The molecule has 0 rings (SSSR count). The minimum Gasteiger partial charge on any atom is -0.459 e. The van der Waals surface area contributed by atoms with Crippen molar-refractivity contribution in [1.29, 1.82) is 0 Å². The average Bonchev–Trinajstić information content (AvgIpc) is 2.82. The maximum absolute atomic E-state index is 12.1. The van der Waals surface area contributed by atoms with Crippen molar-refractivity contribution in [2.24, 2.45) is 5.73 Å². The number of hydrogen-bond donors (Lipinski definition) is 5. The van der Waals surface area contributed by atoms with E-state index in [1.54, 1.807) is 0 Å². The highest BCUT2D eigenvalue weighted by Gasteiger charge is 2.17. The Balaban J connectivity index is 3.68. The van der Waals surface area contributed by atoms with E-state index in [9.17, 15) is 19.3 Å². The molecule has 214 valence electrons. The van der Waals surface area contributed by atoms with E-state index in [1.807, 2.05) is 0 Å². The number of hydrogen-bond acceptors (Lipinski definition) is 10. The van der Waals surface area contributed by atoms with Crippen molar-refractivity contribution < 1.29 is 48.0 Å². The van der Waals surface area contributed by atoms with Gasteiger partial charge in [0.1, 0.15) is 6.10 Å². The highest BCUT2D eigenvalue weighted by molar-refractivity contribution is 7.99. The van der Waals surface area contributed by atoms with E-state index >= 15 is 0 Å². The first-order valence-electron chi connectivity index (χ1n) is 12.4. The van der Waals surface area contributed by atoms with Crippen molar-refractivity contribution in [3.8, 4) is 0 Å². The molecule has 0 fully saturated rings. The van der Waals surface area contributed by atoms with Crippen LogP contribution < -0.4 is 11.1 Å². The van der Waals surface area contributed by atoms with E-state index < -0.39 is 19.7 Å². The van der Waals surface area contributed by atoms with Gasteiger partial charge >= 0.3 is 13.6 Å². The van der Waals surface area contributed by atoms with Gasteiger partial charge in [0.2, 0.25) is 5.91 Å². The summed E-state index contributed by atoms with van der Waals surface area (Å²) in [5.74, 6) is 0.0446. The number of amides is 1. The zero-order chi connectivity index (χ0) is 27.1. The zero-order valence-corrected chi connectivity index (χ0v) is 23.0. The Bertz CT molecular complexity index is 611. The molecule has 0 aromatic carbocycles. The Labute approximate surface area is 218 Å². The van der Waals surface area contributed by atoms with Crippen molar-refractivity contribution in [2.45, 2.75) is 57.6 Å². The number of rotatable bonds is 25. The Morgan fingerprint density at radius 1 is 0.944 bits per heavy atom. The first-order valence-corrected chi connectivity index (χ1v) is 15.3. The maximum atomic E-state index is 12.1. The van der Waals surface area contributed by atoms with Gasteiger partial charge in [0.05, 0.1) is 58.5 Å². The Morgan fingerprint density at radius 2 is 1.56 bits per heavy atom. The monoisotopic (exact) mass is 560 g/mol. The number of aliphatic hydroxyl groups excluding tert-OH is 1. The number of carbonyl (C=O) groups is 2. The molecule has 0 saturated heterocycles. The summed E-state index contributed by atoms with van der Waals surface area (Å²) in [4.78, 5) is 41.3. The Morgan fingerprint density at radius 3 is 2.17 bits per heavy atom. The number of ether oxygens (including phenoxy) is 4. The largest absolute Gasteiger partial charge is 0.459 e. The van der Waals surface area contributed by atoms with Gasteiger partial charge in [-0.3, -0.25) is 14.2 Å². The second-order valence-corrected chi connectivity index (χ2v) is 11.0. The van der Waals surface area contributed by atoms with Gasteiger partial charge in [-0.25, -0.2) is 0 Å². The summed E-state index contributed by atoms with van der Waals surface area (Å²) in [7, 11) is -4.03. The predicted molar refractivity (Wildman–Crippen MR) is 138 cm³/mol. The number of carbonyl (C=O) groups excluding carboxylic acids is 2. The van der Waals surface area contributed by atoms with E-state index in [4.69, 9.17) is 34.5 Å². The second kappa shape index (κ2) is 23.4. The van der Waals surface area contributed by atoms with Crippen LogP contribution in [0.25, 0.3) is 0 Å². The molecule has 0 aromatic heterocycles. The summed E-state index contributed by atoms with van der Waals surface area (Å²) in [6.45, 7) is 3.55. The zero-order valence-electron chi connectivity index (χ0n) is 21.3. The van der Waals surface area contributed by atoms with Crippen LogP contribution in [-0.4, -0.2) is 109 Å². The highest BCUT2D eigenvalue weighted by Crippen LogP contribution is 2.33. The van der Waals surface area contributed by atoms with Gasteiger partial charge in [0.25, 0.3) is 0 Å². The number of nitrogens with two attached hydrogens (primary N) is 1. The van der Waals surface area contributed by atoms with Crippen LogP contribution in [0.15, 0.2) is 0 Å². The third-order valence-electron chi connectivity index (χ3n) is 4.74. The van der Waals surface area contributed by atoms with Crippen LogP contribution >= 0.6 is 19.4 Å². The SMILES string of the molecule is CCCCCCCC(=O)O[C@H](CO)CSC[C@H](N)C(=O)NCCOCCOCCOCCP(=O)(O)O. The summed E-state index contributed by atoms with van der Waals surface area (Å²) in [5, 5.41) is 12.1. The van der Waals surface area contributed by atoms with Crippen molar-refractivity contribution in [2.75, 3.05) is 70.5 Å². The molecule has 6 N–H and O–H groups in total. The number of nitrogens with one attached hydrogen (secondary N) is 1. The lowest BCUT2D eigenvalue weighted by Gasteiger charge is -2.17. The minimum atomic E-state index is -4.03. The molecule has 0 aromatic rings. The lowest BCUT2D eigenvalue weighted by atomic mass is 10.1. The van der Waals surface area contributed by atoms with Gasteiger partial charge in [-0.05, 0) is 6.42 Å². The third kappa shape index (κ3) is 23.6. The number of aliphatic hydroxyl groups is 1. The molecule has 0 aliphatic heterocycles. The molecule has 0 saturated carbocycles. The van der Waals surface area contributed by atoms with Gasteiger partial charge in [0, 0.05) is 24.5 Å². The standard InChI is InChI=1S/C22H45N2O10PS/c1-2-3-4-5-6-7-21(26)34-19(16-25)17-36-18-20(23)22(27)24-8-9-31-10-11-32-12-13-33-14-15-35(28,29)30/h19-20,25H,2-18,23H2,1H3,(H,24,27)(H2,28,29,30)/t19-,20+/m1/s1. The fraction of sp³-hybridized carbons (Fsp3) is 0.909. The first kappa shape index (κ1) is 35.2. The number of unbranched alkanes of at least 4 members (excludes halogenated alkanes) is 4. The highest BCUT2D eigenvalue weighted by atomic mass is 32.2. The minimum absolute atomic E-state index is 0.0286. The smallest absolute Gasteiger partial charge is 0.327 e. The molecule has 0 heterocycles. The molecule has 0 bridgehead atoms. The van der Waals surface area contributed by atoms with E-state index in [0.717, 1.165) is 32.1 Å². The van der Waals surface area contributed by atoms with Crippen LogP contribution in [-0.2, 0) is 33.1 Å². The molecule has 1 amide bonds. The maximum Gasteiger partial charge on any atom is 0.327 e. The summed E-state index contributed by atoms with van der Waals surface area (Å²) < 4.78 is 31.6. The second-order valence-electron chi connectivity index (χ2n) is 8.12. The van der Waals surface area contributed by atoms with Crippen molar-refractivity contribution in [3.63, 3.8) is 0 Å². The molecule has 0 aliphatic rings. The molecule has 36 heavy (non-hydrogen) atoms. The summed E-state index contributed by atoms with van der Waals surface area (Å²) in [6, 6.07) is -0.738. The average molecular weight is 561 g/mol.